The van der Waals surface area contributed by atoms with E-state index >= 15 is 0 Å². The van der Waals surface area contributed by atoms with Crippen LogP contribution in [-0.2, 0) is 4.79 Å². The van der Waals surface area contributed by atoms with Crippen LogP contribution < -0.4 is 5.32 Å². The zero-order valence-electron chi connectivity index (χ0n) is 8.57. The first-order chi connectivity index (χ1) is 7.31. The van der Waals surface area contributed by atoms with E-state index in [1.165, 1.54) is 0 Å². The molecule has 1 amide bonds. The number of hydrogen-bond donors (Lipinski definition) is 1. The normalized spacial score (nSPS) is 20.7. The molecule has 2 rings (SSSR count). The minimum absolute atomic E-state index is 0.0671. The molecule has 1 N–H and O–H groups in total. The van der Waals surface area contributed by atoms with Crippen molar-refractivity contribution < 1.29 is 4.79 Å². The van der Waals surface area contributed by atoms with Crippen LogP contribution >= 0.6 is 11.8 Å². The third kappa shape index (κ3) is 2.23. The molecule has 1 atom stereocenters. The van der Waals surface area contributed by atoms with Crippen molar-refractivity contribution in [3.8, 4) is 0 Å². The Hall–Kier alpha value is -1.22. The molecule has 1 aliphatic rings. The van der Waals surface area contributed by atoms with E-state index in [1.54, 1.807) is 11.8 Å². The number of nitrogens with one attached hydrogen (secondary N) is 1. The summed E-state index contributed by atoms with van der Waals surface area (Å²) in [6.45, 7) is 2.03. The Morgan fingerprint density at radius 3 is 2.67 bits per heavy atom. The van der Waals surface area contributed by atoms with Crippen LogP contribution in [0.5, 0.6) is 0 Å². The lowest BCUT2D eigenvalue weighted by atomic mass is 10.1. The molecule has 0 saturated heterocycles. The van der Waals surface area contributed by atoms with Crippen molar-refractivity contribution in [3.63, 3.8) is 0 Å². The van der Waals surface area contributed by atoms with E-state index in [9.17, 15) is 4.79 Å². The molecule has 1 aliphatic heterocycles. The Morgan fingerprint density at radius 1 is 1.33 bits per heavy atom. The second kappa shape index (κ2) is 4.53. The first-order valence-corrected chi connectivity index (χ1v) is 5.97. The highest BCUT2D eigenvalue weighted by atomic mass is 32.2. The van der Waals surface area contributed by atoms with E-state index in [0.29, 0.717) is 0 Å². The van der Waals surface area contributed by atoms with Gasteiger partial charge in [0.25, 0.3) is 0 Å². The van der Waals surface area contributed by atoms with Crippen LogP contribution in [0.1, 0.15) is 18.9 Å². The molecule has 2 nitrogen and oxygen atoms in total. The van der Waals surface area contributed by atoms with Crippen molar-refractivity contribution in [2.45, 2.75) is 18.6 Å². The highest BCUT2D eigenvalue weighted by molar-refractivity contribution is 8.03. The molecule has 0 fully saturated rings. The molecule has 3 heteroatoms. The molecule has 0 aliphatic carbocycles. The summed E-state index contributed by atoms with van der Waals surface area (Å²) < 4.78 is 0. The van der Waals surface area contributed by atoms with Crippen molar-refractivity contribution in [3.05, 3.63) is 41.3 Å². The van der Waals surface area contributed by atoms with Crippen molar-refractivity contribution >= 4 is 23.4 Å². The molecule has 78 valence electrons. The summed E-state index contributed by atoms with van der Waals surface area (Å²) in [4.78, 5) is 11.6. The molecule has 1 heterocycles. The molecular weight excluding hydrogens is 206 g/mol. The largest absolute Gasteiger partial charge is 0.324 e. The van der Waals surface area contributed by atoms with Gasteiger partial charge in [0.05, 0.1) is 10.9 Å². The summed E-state index contributed by atoms with van der Waals surface area (Å²) in [6.07, 6.45) is 0.870. The maximum atomic E-state index is 11.6. The van der Waals surface area contributed by atoms with E-state index in [0.717, 1.165) is 17.7 Å². The summed E-state index contributed by atoms with van der Waals surface area (Å²) in [7, 11) is 0. The summed E-state index contributed by atoms with van der Waals surface area (Å²) in [5, 5.41) is 5.03. The third-order valence-corrected chi connectivity index (χ3v) is 3.60. The fourth-order valence-corrected chi connectivity index (χ4v) is 2.36. The van der Waals surface area contributed by atoms with Crippen LogP contribution in [0.25, 0.3) is 5.70 Å². The van der Waals surface area contributed by atoms with Gasteiger partial charge in [0, 0.05) is 0 Å². The number of benzene rings is 1. The van der Waals surface area contributed by atoms with Gasteiger partial charge in [-0.25, -0.2) is 0 Å². The monoisotopic (exact) mass is 219 g/mol. The van der Waals surface area contributed by atoms with Gasteiger partial charge in [0.1, 0.15) is 0 Å². The fourth-order valence-electron chi connectivity index (χ4n) is 1.49. The average molecular weight is 219 g/mol. The van der Waals surface area contributed by atoms with Crippen LogP contribution in [0.3, 0.4) is 0 Å². The fraction of sp³-hybridized carbons (Fsp3) is 0.250. The molecule has 1 aromatic rings. The predicted molar refractivity (Wildman–Crippen MR) is 64.2 cm³/mol. The highest BCUT2D eigenvalue weighted by Crippen LogP contribution is 2.26. The zero-order chi connectivity index (χ0) is 10.7. The molecular formula is C12H13NOS. The maximum Gasteiger partial charge on any atom is 0.237 e. The van der Waals surface area contributed by atoms with E-state index in [4.69, 9.17) is 0 Å². The van der Waals surface area contributed by atoms with Crippen LogP contribution in [0.2, 0.25) is 0 Å². The van der Waals surface area contributed by atoms with Crippen LogP contribution in [0.15, 0.2) is 35.7 Å². The van der Waals surface area contributed by atoms with Gasteiger partial charge in [-0.3, -0.25) is 4.79 Å². The number of thioether (sulfide) groups is 1. The molecule has 0 bridgehead atoms. The number of hydrogen-bond acceptors (Lipinski definition) is 2. The lowest BCUT2D eigenvalue weighted by Crippen LogP contribution is -2.33. The van der Waals surface area contributed by atoms with Gasteiger partial charge in [-0.15, -0.1) is 11.8 Å². The minimum Gasteiger partial charge on any atom is -0.324 e. The van der Waals surface area contributed by atoms with Crippen LogP contribution in [0, 0.1) is 0 Å². The van der Waals surface area contributed by atoms with Gasteiger partial charge in [-0.05, 0) is 17.4 Å². The van der Waals surface area contributed by atoms with Crippen molar-refractivity contribution in [1.29, 1.82) is 0 Å². The molecule has 0 spiro atoms. The predicted octanol–water partition coefficient (Wildman–Crippen LogP) is 2.63. The lowest BCUT2D eigenvalue weighted by molar-refractivity contribution is -0.119. The van der Waals surface area contributed by atoms with Crippen molar-refractivity contribution in [2.75, 3.05) is 0 Å². The lowest BCUT2D eigenvalue weighted by Gasteiger charge is -2.20. The van der Waals surface area contributed by atoms with Crippen LogP contribution in [0.4, 0.5) is 0 Å². The van der Waals surface area contributed by atoms with E-state index in [-0.39, 0.29) is 11.2 Å². The second-order valence-electron chi connectivity index (χ2n) is 3.42. The van der Waals surface area contributed by atoms with Crippen molar-refractivity contribution in [2.24, 2.45) is 0 Å². The van der Waals surface area contributed by atoms with Gasteiger partial charge in [0.15, 0.2) is 0 Å². The van der Waals surface area contributed by atoms with Gasteiger partial charge in [-0.1, -0.05) is 37.3 Å². The molecule has 1 aromatic carbocycles. The first kappa shape index (κ1) is 10.3. The standard InChI is InChI=1S/C12H13NOS/c1-2-11-12(14)13-10(8-15-11)9-6-4-3-5-7-9/h3-8,11H,2H2,1H3,(H,13,14)/t11-/m0/s1. The summed E-state index contributed by atoms with van der Waals surface area (Å²) in [5.74, 6) is 0.115. The molecule has 15 heavy (non-hydrogen) atoms. The summed E-state index contributed by atoms with van der Waals surface area (Å²) in [5.41, 5.74) is 1.98. The smallest absolute Gasteiger partial charge is 0.237 e. The van der Waals surface area contributed by atoms with Crippen LogP contribution in [-0.4, -0.2) is 11.2 Å². The number of amides is 1. The highest BCUT2D eigenvalue weighted by Gasteiger charge is 2.21. The Bertz CT molecular complexity index is 386. The summed E-state index contributed by atoms with van der Waals surface area (Å²) in [6, 6.07) is 9.91. The molecule has 0 radical (unpaired) electrons. The van der Waals surface area contributed by atoms with E-state index < -0.39 is 0 Å². The number of rotatable bonds is 2. The Kier molecular flexibility index (Phi) is 3.11. The zero-order valence-corrected chi connectivity index (χ0v) is 9.38. The van der Waals surface area contributed by atoms with Gasteiger partial charge in [-0.2, -0.15) is 0 Å². The molecule has 0 aromatic heterocycles. The Morgan fingerprint density at radius 2 is 2.07 bits per heavy atom. The van der Waals surface area contributed by atoms with E-state index in [1.807, 2.05) is 42.7 Å². The molecule has 0 unspecified atom stereocenters. The number of carbonyl (C=O) groups excluding carboxylic acids is 1. The first-order valence-electron chi connectivity index (χ1n) is 5.03. The summed E-state index contributed by atoms with van der Waals surface area (Å²) >= 11 is 1.60. The Labute approximate surface area is 93.8 Å². The van der Waals surface area contributed by atoms with Crippen molar-refractivity contribution in [1.82, 2.24) is 5.32 Å². The minimum atomic E-state index is 0.0671. The second-order valence-corrected chi connectivity index (χ2v) is 4.50. The maximum absolute atomic E-state index is 11.6. The third-order valence-electron chi connectivity index (χ3n) is 2.36. The average Bonchev–Trinajstić information content (AvgIpc) is 2.30. The van der Waals surface area contributed by atoms with E-state index in [2.05, 4.69) is 5.32 Å². The number of carbonyl (C=O) groups is 1. The topological polar surface area (TPSA) is 29.1 Å². The SMILES string of the molecule is CC[C@@H]1SC=C(c2ccccc2)NC1=O. The quantitative estimate of drug-likeness (QED) is 0.828. The van der Waals surface area contributed by atoms with Gasteiger partial charge >= 0.3 is 0 Å². The van der Waals surface area contributed by atoms with Gasteiger partial charge < -0.3 is 5.32 Å². The van der Waals surface area contributed by atoms with Gasteiger partial charge in [0.2, 0.25) is 5.91 Å². The molecule has 0 saturated carbocycles. The Balaban J connectivity index is 2.20.